The molecule has 0 saturated carbocycles. The number of hydrogen-bond acceptors (Lipinski definition) is 2. The van der Waals surface area contributed by atoms with E-state index in [0.717, 1.165) is 37.2 Å². The second-order valence-electron chi connectivity index (χ2n) is 5.79. The summed E-state index contributed by atoms with van der Waals surface area (Å²) in [6, 6.07) is 10.5. The minimum Gasteiger partial charge on any atom is -0.356 e. The van der Waals surface area contributed by atoms with E-state index < -0.39 is 0 Å². The van der Waals surface area contributed by atoms with E-state index in [1.54, 1.807) is 6.20 Å². The van der Waals surface area contributed by atoms with Crippen LogP contribution in [0, 0.1) is 6.92 Å². The van der Waals surface area contributed by atoms with Crippen LogP contribution in [-0.2, 0) is 6.54 Å². The first-order valence-electron chi connectivity index (χ1n) is 7.53. The molecule has 0 radical (unpaired) electrons. The van der Waals surface area contributed by atoms with Crippen LogP contribution < -0.4 is 0 Å². The molecular weight excluding hydrogens is 342 g/mol. The van der Waals surface area contributed by atoms with Crippen LogP contribution in [0.2, 0.25) is 0 Å². The smallest absolute Gasteiger partial charge is 0.270 e. The number of aryl methyl sites for hydroxylation is 1. The first-order chi connectivity index (χ1) is 10.6. The Balaban J connectivity index is 1.55. The fraction of sp³-hybridized carbons (Fsp3) is 0.353. The predicted molar refractivity (Wildman–Crippen MR) is 90.9 cm³/mol. The monoisotopic (exact) mass is 361 g/mol. The van der Waals surface area contributed by atoms with Gasteiger partial charge >= 0.3 is 0 Å². The highest BCUT2D eigenvalue weighted by molar-refractivity contribution is 9.10. The van der Waals surface area contributed by atoms with Crippen molar-refractivity contribution in [1.29, 1.82) is 0 Å². The lowest BCUT2D eigenvalue weighted by atomic mass is 10.1. The van der Waals surface area contributed by atoms with Gasteiger partial charge in [0.2, 0.25) is 0 Å². The maximum atomic E-state index is 12.4. The average Bonchev–Trinajstić information content (AvgIpc) is 2.94. The van der Waals surface area contributed by atoms with Crippen molar-refractivity contribution < 1.29 is 4.79 Å². The summed E-state index contributed by atoms with van der Waals surface area (Å²) in [6.45, 7) is 6.47. The van der Waals surface area contributed by atoms with E-state index in [2.05, 4.69) is 57.0 Å². The van der Waals surface area contributed by atoms with Crippen LogP contribution >= 0.6 is 15.9 Å². The molecule has 1 aromatic carbocycles. The molecule has 0 spiro atoms. The number of piperazine rings is 1. The van der Waals surface area contributed by atoms with Gasteiger partial charge in [-0.15, -0.1) is 0 Å². The van der Waals surface area contributed by atoms with Gasteiger partial charge in [0.25, 0.3) is 5.91 Å². The predicted octanol–water partition coefficient (Wildman–Crippen LogP) is 3.04. The SMILES string of the molecule is Cc1cccc(CN2CCN(C(=O)c3cc(Br)c[nH]3)CC2)c1. The summed E-state index contributed by atoms with van der Waals surface area (Å²) >= 11 is 3.37. The van der Waals surface area contributed by atoms with E-state index in [1.807, 2.05) is 11.0 Å². The zero-order chi connectivity index (χ0) is 15.5. The largest absolute Gasteiger partial charge is 0.356 e. The van der Waals surface area contributed by atoms with Gasteiger partial charge in [-0.05, 0) is 34.5 Å². The summed E-state index contributed by atoms with van der Waals surface area (Å²) < 4.78 is 0.911. The highest BCUT2D eigenvalue weighted by Crippen LogP contribution is 2.15. The quantitative estimate of drug-likeness (QED) is 0.912. The van der Waals surface area contributed by atoms with Crippen molar-refractivity contribution in [2.75, 3.05) is 26.2 Å². The fourth-order valence-corrected chi connectivity index (χ4v) is 3.18. The molecule has 0 unspecified atom stereocenters. The van der Waals surface area contributed by atoms with Gasteiger partial charge in [-0.3, -0.25) is 9.69 Å². The standard InChI is InChI=1S/C17H20BrN3O/c1-13-3-2-4-14(9-13)12-20-5-7-21(8-6-20)17(22)16-10-15(18)11-19-16/h2-4,9-11,19H,5-8,12H2,1H3. The van der Waals surface area contributed by atoms with E-state index in [1.165, 1.54) is 11.1 Å². The van der Waals surface area contributed by atoms with Crippen molar-refractivity contribution in [2.45, 2.75) is 13.5 Å². The van der Waals surface area contributed by atoms with Crippen LogP contribution in [0.1, 0.15) is 21.6 Å². The summed E-state index contributed by atoms with van der Waals surface area (Å²) in [6.07, 6.45) is 1.79. The van der Waals surface area contributed by atoms with Crippen molar-refractivity contribution in [3.8, 4) is 0 Å². The maximum Gasteiger partial charge on any atom is 0.270 e. The molecule has 5 heteroatoms. The maximum absolute atomic E-state index is 12.4. The Morgan fingerprint density at radius 3 is 2.64 bits per heavy atom. The molecule has 22 heavy (non-hydrogen) atoms. The molecule has 1 amide bonds. The Kier molecular flexibility index (Phi) is 4.64. The number of aromatic nitrogens is 1. The van der Waals surface area contributed by atoms with Gasteiger partial charge in [-0.25, -0.2) is 0 Å². The molecule has 1 saturated heterocycles. The third-order valence-corrected chi connectivity index (χ3v) is 4.48. The topological polar surface area (TPSA) is 39.3 Å². The summed E-state index contributed by atoms with van der Waals surface area (Å²) in [5.74, 6) is 0.0842. The number of H-pyrrole nitrogens is 1. The third kappa shape index (κ3) is 3.59. The first-order valence-corrected chi connectivity index (χ1v) is 8.32. The second-order valence-corrected chi connectivity index (χ2v) is 6.70. The molecule has 2 heterocycles. The lowest BCUT2D eigenvalue weighted by Gasteiger charge is -2.34. The van der Waals surface area contributed by atoms with Gasteiger partial charge in [0, 0.05) is 43.4 Å². The molecule has 1 fully saturated rings. The van der Waals surface area contributed by atoms with Crippen LogP contribution in [0.4, 0.5) is 0 Å². The average molecular weight is 362 g/mol. The van der Waals surface area contributed by atoms with Gasteiger partial charge in [-0.2, -0.15) is 0 Å². The van der Waals surface area contributed by atoms with Gasteiger partial charge in [0.1, 0.15) is 5.69 Å². The van der Waals surface area contributed by atoms with Gasteiger partial charge in [0.15, 0.2) is 0 Å². The summed E-state index contributed by atoms with van der Waals surface area (Å²) in [5.41, 5.74) is 3.29. The van der Waals surface area contributed by atoms with Crippen LogP contribution in [0.15, 0.2) is 41.0 Å². The third-order valence-electron chi connectivity index (χ3n) is 4.03. The molecule has 1 aliphatic heterocycles. The molecule has 116 valence electrons. The van der Waals surface area contributed by atoms with Crippen LogP contribution in [0.3, 0.4) is 0 Å². The fourth-order valence-electron chi connectivity index (χ4n) is 2.84. The Morgan fingerprint density at radius 2 is 2.00 bits per heavy atom. The number of benzene rings is 1. The number of hydrogen-bond donors (Lipinski definition) is 1. The van der Waals surface area contributed by atoms with Crippen molar-refractivity contribution in [3.63, 3.8) is 0 Å². The molecule has 4 nitrogen and oxygen atoms in total. The molecule has 1 aliphatic rings. The van der Waals surface area contributed by atoms with Crippen molar-refractivity contribution in [2.24, 2.45) is 0 Å². The Labute approximate surface area is 139 Å². The van der Waals surface area contributed by atoms with E-state index in [9.17, 15) is 4.79 Å². The number of nitrogens with one attached hydrogen (secondary N) is 1. The van der Waals surface area contributed by atoms with E-state index in [-0.39, 0.29) is 5.91 Å². The number of nitrogens with zero attached hydrogens (tertiary/aromatic N) is 2. The Morgan fingerprint density at radius 1 is 1.23 bits per heavy atom. The number of halogens is 1. The van der Waals surface area contributed by atoms with Gasteiger partial charge in [0.05, 0.1) is 0 Å². The number of carbonyl (C=O) groups excluding carboxylic acids is 1. The summed E-state index contributed by atoms with van der Waals surface area (Å²) in [4.78, 5) is 19.7. The molecule has 3 rings (SSSR count). The molecular formula is C17H20BrN3O. The normalized spacial score (nSPS) is 16.0. The zero-order valence-corrected chi connectivity index (χ0v) is 14.3. The molecule has 0 bridgehead atoms. The van der Waals surface area contributed by atoms with Crippen LogP contribution in [0.5, 0.6) is 0 Å². The number of rotatable bonds is 3. The van der Waals surface area contributed by atoms with Crippen molar-refractivity contribution >= 4 is 21.8 Å². The Bertz CT molecular complexity index is 659. The first kappa shape index (κ1) is 15.3. The van der Waals surface area contributed by atoms with E-state index >= 15 is 0 Å². The van der Waals surface area contributed by atoms with E-state index in [4.69, 9.17) is 0 Å². The number of carbonyl (C=O) groups is 1. The Hall–Kier alpha value is -1.59. The minimum absolute atomic E-state index is 0.0842. The van der Waals surface area contributed by atoms with Crippen LogP contribution in [-0.4, -0.2) is 46.9 Å². The molecule has 1 aromatic heterocycles. The zero-order valence-electron chi connectivity index (χ0n) is 12.7. The molecule has 2 aromatic rings. The van der Waals surface area contributed by atoms with E-state index in [0.29, 0.717) is 5.69 Å². The van der Waals surface area contributed by atoms with Gasteiger partial charge in [-0.1, -0.05) is 29.8 Å². The van der Waals surface area contributed by atoms with Crippen molar-refractivity contribution in [3.05, 3.63) is 57.8 Å². The lowest BCUT2D eigenvalue weighted by Crippen LogP contribution is -2.48. The van der Waals surface area contributed by atoms with Gasteiger partial charge < -0.3 is 9.88 Å². The summed E-state index contributed by atoms with van der Waals surface area (Å²) in [7, 11) is 0. The molecule has 0 atom stereocenters. The number of amides is 1. The summed E-state index contributed by atoms with van der Waals surface area (Å²) in [5, 5.41) is 0. The molecule has 0 aliphatic carbocycles. The van der Waals surface area contributed by atoms with Crippen LogP contribution in [0.25, 0.3) is 0 Å². The highest BCUT2D eigenvalue weighted by atomic mass is 79.9. The molecule has 1 N–H and O–H groups in total. The minimum atomic E-state index is 0.0842. The lowest BCUT2D eigenvalue weighted by molar-refractivity contribution is 0.0623. The highest BCUT2D eigenvalue weighted by Gasteiger charge is 2.22. The van der Waals surface area contributed by atoms with Crippen molar-refractivity contribution in [1.82, 2.24) is 14.8 Å². The number of aromatic amines is 1. The second kappa shape index (κ2) is 6.67.